The number of aromatic nitrogens is 2. The molecule has 10 heteroatoms. The average Bonchev–Trinajstić information content (AvgIpc) is 2.70. The summed E-state index contributed by atoms with van der Waals surface area (Å²) >= 11 is 11.0. The fourth-order valence-corrected chi connectivity index (χ4v) is 3.36. The highest BCUT2D eigenvalue weighted by molar-refractivity contribution is 7.80. The number of anilines is 2. The molecule has 0 bridgehead atoms. The number of thiocarbonyl (C=S) groups is 1. The van der Waals surface area contributed by atoms with Gasteiger partial charge < -0.3 is 15.5 Å². The lowest BCUT2D eigenvalue weighted by atomic mass is 10.2. The zero-order valence-corrected chi connectivity index (χ0v) is 18.1. The number of halogens is 1. The standard InChI is InChI=1S/C19H25ClN8S/c1-26(2)17-15(12-23-25-18(21)29)11-22-19(24-17)28-9-7-27(8-10-28)13-14-5-3-4-6-16(14)20/h3-6,11-12H,7-10,13H2,1-2H3,(H3,21,25,29). The molecule has 1 aliphatic rings. The number of hydrogen-bond acceptors (Lipinski definition) is 7. The van der Waals surface area contributed by atoms with Crippen LogP contribution >= 0.6 is 23.8 Å². The van der Waals surface area contributed by atoms with Crippen LogP contribution in [0.1, 0.15) is 11.1 Å². The normalized spacial score (nSPS) is 14.9. The molecule has 8 nitrogen and oxygen atoms in total. The van der Waals surface area contributed by atoms with Gasteiger partial charge >= 0.3 is 0 Å². The molecule has 154 valence electrons. The van der Waals surface area contributed by atoms with Gasteiger partial charge in [0.25, 0.3) is 0 Å². The minimum atomic E-state index is 0.111. The van der Waals surface area contributed by atoms with Crippen LogP contribution in [-0.2, 0) is 6.54 Å². The van der Waals surface area contributed by atoms with E-state index in [-0.39, 0.29) is 5.11 Å². The van der Waals surface area contributed by atoms with Crippen molar-refractivity contribution in [3.63, 3.8) is 0 Å². The van der Waals surface area contributed by atoms with E-state index in [1.807, 2.05) is 37.2 Å². The summed E-state index contributed by atoms with van der Waals surface area (Å²) < 4.78 is 0. The molecule has 0 atom stereocenters. The summed E-state index contributed by atoms with van der Waals surface area (Å²) in [5, 5.41) is 4.93. The fraction of sp³-hybridized carbons (Fsp3) is 0.368. The second-order valence-corrected chi connectivity index (χ2v) is 7.78. The molecular weight excluding hydrogens is 408 g/mol. The van der Waals surface area contributed by atoms with Crippen LogP contribution in [0.25, 0.3) is 0 Å². The van der Waals surface area contributed by atoms with Crippen LogP contribution in [0.15, 0.2) is 35.6 Å². The summed E-state index contributed by atoms with van der Waals surface area (Å²) in [4.78, 5) is 15.8. The fourth-order valence-electron chi connectivity index (χ4n) is 3.11. The average molecular weight is 433 g/mol. The number of hydrogen-bond donors (Lipinski definition) is 2. The molecule has 3 rings (SSSR count). The van der Waals surface area contributed by atoms with Gasteiger partial charge in [0, 0.05) is 58.0 Å². The quantitative estimate of drug-likeness (QED) is 0.405. The van der Waals surface area contributed by atoms with Gasteiger partial charge in [-0.2, -0.15) is 10.1 Å². The molecule has 29 heavy (non-hydrogen) atoms. The van der Waals surface area contributed by atoms with Crippen molar-refractivity contribution in [3.05, 3.63) is 46.6 Å². The molecule has 0 aliphatic carbocycles. The van der Waals surface area contributed by atoms with Gasteiger partial charge in [0.1, 0.15) is 5.82 Å². The zero-order chi connectivity index (χ0) is 20.8. The first kappa shape index (κ1) is 21.2. The van der Waals surface area contributed by atoms with Crippen molar-refractivity contribution in [2.75, 3.05) is 50.1 Å². The molecule has 1 aromatic heterocycles. The van der Waals surface area contributed by atoms with E-state index in [1.54, 1.807) is 12.4 Å². The van der Waals surface area contributed by atoms with Crippen molar-refractivity contribution >= 4 is 46.9 Å². The van der Waals surface area contributed by atoms with Crippen LogP contribution in [0.5, 0.6) is 0 Å². The molecule has 0 radical (unpaired) electrons. The Morgan fingerprint density at radius 3 is 2.69 bits per heavy atom. The van der Waals surface area contributed by atoms with Crippen LogP contribution in [0.2, 0.25) is 5.02 Å². The van der Waals surface area contributed by atoms with E-state index in [2.05, 4.69) is 31.4 Å². The van der Waals surface area contributed by atoms with Crippen LogP contribution in [0.4, 0.5) is 11.8 Å². The van der Waals surface area contributed by atoms with Crippen LogP contribution in [0.3, 0.4) is 0 Å². The van der Waals surface area contributed by atoms with E-state index in [4.69, 9.17) is 34.5 Å². The first-order valence-electron chi connectivity index (χ1n) is 9.27. The Labute approximate surface area is 181 Å². The van der Waals surface area contributed by atoms with Crippen molar-refractivity contribution < 1.29 is 0 Å². The molecule has 2 aromatic rings. The summed E-state index contributed by atoms with van der Waals surface area (Å²) in [7, 11) is 3.87. The maximum atomic E-state index is 6.29. The number of nitrogens with one attached hydrogen (secondary N) is 1. The van der Waals surface area contributed by atoms with Gasteiger partial charge in [-0.25, -0.2) is 4.98 Å². The molecule has 1 aliphatic heterocycles. The third-order valence-corrected chi connectivity index (χ3v) is 5.05. The maximum absolute atomic E-state index is 6.29. The highest BCUT2D eigenvalue weighted by atomic mass is 35.5. The van der Waals surface area contributed by atoms with Gasteiger partial charge in [0.05, 0.1) is 11.8 Å². The topological polar surface area (TPSA) is 85.9 Å². The number of piperazine rings is 1. The molecule has 0 spiro atoms. The summed E-state index contributed by atoms with van der Waals surface area (Å²) in [5.74, 6) is 1.49. The Kier molecular flexibility index (Phi) is 7.18. The van der Waals surface area contributed by atoms with E-state index in [1.165, 1.54) is 0 Å². The summed E-state index contributed by atoms with van der Waals surface area (Å²) in [6, 6.07) is 7.99. The van der Waals surface area contributed by atoms with Gasteiger partial charge in [-0.05, 0) is 23.8 Å². The predicted octanol–water partition coefficient (Wildman–Crippen LogP) is 1.69. The first-order chi connectivity index (χ1) is 13.9. The summed E-state index contributed by atoms with van der Waals surface area (Å²) in [6.45, 7) is 4.41. The van der Waals surface area contributed by atoms with Crippen molar-refractivity contribution in [1.82, 2.24) is 20.3 Å². The van der Waals surface area contributed by atoms with Crippen molar-refractivity contribution in [2.24, 2.45) is 10.8 Å². The summed E-state index contributed by atoms with van der Waals surface area (Å²) in [6.07, 6.45) is 3.37. The Hall–Kier alpha value is -2.49. The molecule has 2 heterocycles. The van der Waals surface area contributed by atoms with Gasteiger partial charge in [0.2, 0.25) is 5.95 Å². The lowest BCUT2D eigenvalue weighted by Crippen LogP contribution is -2.46. The van der Waals surface area contributed by atoms with Crippen LogP contribution in [-0.4, -0.2) is 66.5 Å². The molecule has 0 unspecified atom stereocenters. The van der Waals surface area contributed by atoms with Crippen molar-refractivity contribution in [3.8, 4) is 0 Å². The monoisotopic (exact) mass is 432 g/mol. The third kappa shape index (κ3) is 5.75. The lowest BCUT2D eigenvalue weighted by Gasteiger charge is -2.35. The number of nitrogens with two attached hydrogens (primary N) is 1. The number of nitrogens with zero attached hydrogens (tertiary/aromatic N) is 6. The minimum absolute atomic E-state index is 0.111. The maximum Gasteiger partial charge on any atom is 0.227 e. The Morgan fingerprint density at radius 1 is 1.31 bits per heavy atom. The van der Waals surface area contributed by atoms with Gasteiger partial charge in [-0.15, -0.1) is 0 Å². The van der Waals surface area contributed by atoms with E-state index < -0.39 is 0 Å². The number of hydrazone groups is 1. The Bertz CT molecular complexity index is 880. The van der Waals surface area contributed by atoms with Gasteiger partial charge in [-0.1, -0.05) is 29.8 Å². The molecule has 3 N–H and O–H groups in total. The number of benzene rings is 1. The van der Waals surface area contributed by atoms with Crippen molar-refractivity contribution in [1.29, 1.82) is 0 Å². The second-order valence-electron chi connectivity index (χ2n) is 6.93. The zero-order valence-electron chi connectivity index (χ0n) is 16.5. The van der Waals surface area contributed by atoms with Gasteiger partial charge in [0.15, 0.2) is 5.11 Å². The lowest BCUT2D eigenvalue weighted by molar-refractivity contribution is 0.249. The van der Waals surface area contributed by atoms with E-state index in [9.17, 15) is 0 Å². The van der Waals surface area contributed by atoms with E-state index in [0.29, 0.717) is 5.95 Å². The van der Waals surface area contributed by atoms with Crippen LogP contribution in [0, 0.1) is 0 Å². The first-order valence-corrected chi connectivity index (χ1v) is 10.1. The van der Waals surface area contributed by atoms with E-state index >= 15 is 0 Å². The highest BCUT2D eigenvalue weighted by Gasteiger charge is 2.21. The Morgan fingerprint density at radius 2 is 2.03 bits per heavy atom. The number of rotatable bonds is 6. The summed E-state index contributed by atoms with van der Waals surface area (Å²) in [5.41, 5.74) is 9.87. The minimum Gasteiger partial charge on any atom is -0.375 e. The smallest absolute Gasteiger partial charge is 0.227 e. The predicted molar refractivity (Wildman–Crippen MR) is 123 cm³/mol. The van der Waals surface area contributed by atoms with E-state index in [0.717, 1.165) is 54.7 Å². The SMILES string of the molecule is CN(C)c1nc(N2CCN(Cc3ccccc3Cl)CC2)ncc1C=NNC(N)=S. The molecule has 1 fully saturated rings. The third-order valence-electron chi connectivity index (χ3n) is 4.59. The second kappa shape index (κ2) is 9.82. The molecule has 1 saturated heterocycles. The van der Waals surface area contributed by atoms with Crippen molar-refractivity contribution in [2.45, 2.75) is 6.54 Å². The Balaban J connectivity index is 1.65. The van der Waals surface area contributed by atoms with Crippen LogP contribution < -0.4 is 21.0 Å². The highest BCUT2D eigenvalue weighted by Crippen LogP contribution is 2.21. The van der Waals surface area contributed by atoms with Gasteiger partial charge in [-0.3, -0.25) is 10.3 Å². The molecule has 0 saturated carbocycles. The molecule has 1 aromatic carbocycles. The largest absolute Gasteiger partial charge is 0.375 e. The molecule has 0 amide bonds. The molecular formula is C19H25ClN8S.